The van der Waals surface area contributed by atoms with Crippen molar-refractivity contribution in [3.8, 4) is 0 Å². The Kier molecular flexibility index (Phi) is 4.68. The van der Waals surface area contributed by atoms with Gasteiger partial charge in [-0.3, -0.25) is 0 Å². The molecule has 1 aromatic heterocycles. The molecule has 0 saturated heterocycles. The van der Waals surface area contributed by atoms with E-state index in [0.29, 0.717) is 5.82 Å². The maximum Gasteiger partial charge on any atom is 0.257 e. The zero-order valence-electron chi connectivity index (χ0n) is 12.7. The van der Waals surface area contributed by atoms with Crippen LogP contribution in [0.3, 0.4) is 0 Å². The molecule has 1 aliphatic carbocycles. The lowest BCUT2D eigenvalue weighted by atomic mass is 9.92. The van der Waals surface area contributed by atoms with Crippen LogP contribution in [0.1, 0.15) is 68.7 Å². The molecule has 0 radical (unpaired) electrons. The quantitative estimate of drug-likeness (QED) is 0.398. The fourth-order valence-corrected chi connectivity index (χ4v) is 3.26. The molecule has 0 aliphatic heterocycles. The van der Waals surface area contributed by atoms with Crippen molar-refractivity contribution in [2.24, 2.45) is 5.16 Å². The van der Waals surface area contributed by atoms with Crippen molar-refractivity contribution in [2.45, 2.75) is 71.8 Å². The third kappa shape index (κ3) is 2.53. The Morgan fingerprint density at radius 1 is 1.40 bits per heavy atom. The van der Waals surface area contributed by atoms with Crippen LogP contribution >= 0.6 is 0 Å². The van der Waals surface area contributed by atoms with Gasteiger partial charge in [-0.25, -0.2) is 9.30 Å². The van der Waals surface area contributed by atoms with Gasteiger partial charge in [-0.05, 0) is 32.1 Å². The van der Waals surface area contributed by atoms with Crippen molar-refractivity contribution in [2.75, 3.05) is 0 Å². The fraction of sp³-hybridized carbons (Fsp3) is 0.733. The summed E-state index contributed by atoms with van der Waals surface area (Å²) >= 11 is 0. The summed E-state index contributed by atoms with van der Waals surface area (Å²) in [6.45, 7) is 5.90. The van der Waals surface area contributed by atoms with Crippen LogP contribution in [0.15, 0.2) is 5.16 Å². The van der Waals surface area contributed by atoms with E-state index in [1.54, 1.807) is 0 Å². The Morgan fingerprint density at radius 2 is 2.15 bits per heavy atom. The molecule has 5 heteroatoms. The predicted molar refractivity (Wildman–Crippen MR) is 78.2 cm³/mol. The summed E-state index contributed by atoms with van der Waals surface area (Å²) in [7, 11) is 0. The first-order valence-electron chi connectivity index (χ1n) is 7.62. The lowest BCUT2D eigenvalue weighted by Crippen LogP contribution is -2.33. The van der Waals surface area contributed by atoms with E-state index in [9.17, 15) is 10.4 Å². The highest BCUT2D eigenvalue weighted by Gasteiger charge is 2.33. The molecule has 5 nitrogen and oxygen atoms in total. The number of unbranched alkanes of at least 4 members (excludes halogenated alkanes) is 1. The Balaban J connectivity index is 2.45. The standard InChI is InChI=1S/C15H25N3O2/c1-4-5-9-14-11(2)18(20)12(3)17(14)15-10-7-6-8-13(15)16-19/h15,19H,4-10H2,1-3H3. The number of hydrogen-bond acceptors (Lipinski definition) is 3. The van der Waals surface area contributed by atoms with E-state index in [-0.39, 0.29) is 6.04 Å². The largest absolute Gasteiger partial charge is 0.711 e. The molecular weight excluding hydrogens is 254 g/mol. The highest BCUT2D eigenvalue weighted by molar-refractivity contribution is 5.88. The van der Waals surface area contributed by atoms with Gasteiger partial charge in [0.25, 0.3) is 5.82 Å². The smallest absolute Gasteiger partial charge is 0.257 e. The Morgan fingerprint density at radius 3 is 2.80 bits per heavy atom. The molecule has 1 atom stereocenters. The average Bonchev–Trinajstić information content (AvgIpc) is 2.69. The van der Waals surface area contributed by atoms with Crippen molar-refractivity contribution in [1.29, 1.82) is 0 Å². The van der Waals surface area contributed by atoms with Gasteiger partial charge in [0.15, 0.2) is 0 Å². The topological polar surface area (TPSA) is 64.5 Å². The zero-order chi connectivity index (χ0) is 14.7. The Hall–Kier alpha value is -1.52. The second-order valence-corrected chi connectivity index (χ2v) is 5.70. The van der Waals surface area contributed by atoms with Crippen LogP contribution in [0.2, 0.25) is 0 Å². The molecule has 112 valence electrons. The van der Waals surface area contributed by atoms with Crippen LogP contribution in [0.25, 0.3) is 0 Å². The minimum Gasteiger partial charge on any atom is -0.711 e. The summed E-state index contributed by atoms with van der Waals surface area (Å²) in [6, 6.07) is 0.0505. The highest BCUT2D eigenvalue weighted by atomic mass is 16.5. The molecule has 0 aromatic carbocycles. The molecule has 1 aromatic rings. The SMILES string of the molecule is CCCCc1c(C)[n+]([O-])c(C)n1C1CCCCC1=NO. The van der Waals surface area contributed by atoms with Gasteiger partial charge in [0.2, 0.25) is 0 Å². The van der Waals surface area contributed by atoms with Gasteiger partial charge in [0.05, 0.1) is 0 Å². The molecule has 1 N–H and O–H groups in total. The summed E-state index contributed by atoms with van der Waals surface area (Å²) in [5.41, 5.74) is 2.71. The third-order valence-electron chi connectivity index (χ3n) is 4.41. The van der Waals surface area contributed by atoms with E-state index in [1.165, 1.54) is 0 Å². The summed E-state index contributed by atoms with van der Waals surface area (Å²) in [6.07, 6.45) is 7.05. The normalized spacial score (nSPS) is 21.6. The van der Waals surface area contributed by atoms with E-state index in [4.69, 9.17) is 0 Å². The summed E-state index contributed by atoms with van der Waals surface area (Å²) in [5, 5.41) is 24.9. The number of oxime groups is 1. The van der Waals surface area contributed by atoms with Crippen LogP contribution in [-0.2, 0) is 6.42 Å². The second kappa shape index (κ2) is 6.29. The lowest BCUT2D eigenvalue weighted by Gasteiger charge is -2.22. The predicted octanol–water partition coefficient (Wildman–Crippen LogP) is 3.03. The maximum atomic E-state index is 12.2. The van der Waals surface area contributed by atoms with E-state index >= 15 is 0 Å². The van der Waals surface area contributed by atoms with Crippen LogP contribution in [0, 0.1) is 19.1 Å². The van der Waals surface area contributed by atoms with E-state index in [0.717, 1.165) is 66.8 Å². The molecular formula is C15H25N3O2. The number of nitrogens with zero attached hydrogens (tertiary/aromatic N) is 3. The lowest BCUT2D eigenvalue weighted by molar-refractivity contribution is -0.618. The number of hydrogen-bond donors (Lipinski definition) is 1. The summed E-state index contributed by atoms with van der Waals surface area (Å²) in [5.74, 6) is 0.710. The summed E-state index contributed by atoms with van der Waals surface area (Å²) < 4.78 is 3.14. The molecule has 1 saturated carbocycles. The molecule has 1 heterocycles. The number of imidazole rings is 1. The van der Waals surface area contributed by atoms with Crippen molar-refractivity contribution in [1.82, 2.24) is 4.57 Å². The van der Waals surface area contributed by atoms with Gasteiger partial charge in [0, 0.05) is 20.3 Å². The summed E-state index contributed by atoms with van der Waals surface area (Å²) in [4.78, 5) is 0. The highest BCUT2D eigenvalue weighted by Crippen LogP contribution is 2.29. The van der Waals surface area contributed by atoms with E-state index in [1.807, 2.05) is 13.8 Å². The molecule has 0 bridgehead atoms. The number of rotatable bonds is 4. The zero-order valence-corrected chi connectivity index (χ0v) is 12.7. The third-order valence-corrected chi connectivity index (χ3v) is 4.41. The minimum absolute atomic E-state index is 0.0505. The molecule has 1 fully saturated rings. The molecule has 1 unspecified atom stereocenters. The Labute approximate surface area is 120 Å². The van der Waals surface area contributed by atoms with Gasteiger partial charge in [0.1, 0.15) is 23.1 Å². The first-order chi connectivity index (χ1) is 9.61. The Bertz CT molecular complexity index is 506. The van der Waals surface area contributed by atoms with Crippen LogP contribution in [-0.4, -0.2) is 15.5 Å². The first kappa shape index (κ1) is 14.9. The van der Waals surface area contributed by atoms with Crippen LogP contribution in [0.4, 0.5) is 0 Å². The van der Waals surface area contributed by atoms with Crippen molar-refractivity contribution in [3.05, 3.63) is 22.4 Å². The van der Waals surface area contributed by atoms with Crippen molar-refractivity contribution < 1.29 is 9.94 Å². The van der Waals surface area contributed by atoms with Crippen molar-refractivity contribution >= 4 is 5.71 Å². The first-order valence-corrected chi connectivity index (χ1v) is 7.62. The maximum absolute atomic E-state index is 12.2. The van der Waals surface area contributed by atoms with Crippen LogP contribution < -0.4 is 4.73 Å². The fourth-order valence-electron chi connectivity index (χ4n) is 3.26. The van der Waals surface area contributed by atoms with E-state index in [2.05, 4.69) is 16.6 Å². The second-order valence-electron chi connectivity index (χ2n) is 5.70. The van der Waals surface area contributed by atoms with Gasteiger partial charge >= 0.3 is 0 Å². The van der Waals surface area contributed by atoms with Gasteiger partial charge in [-0.2, -0.15) is 0 Å². The average molecular weight is 279 g/mol. The minimum atomic E-state index is 0.0505. The number of aromatic nitrogens is 2. The molecule has 2 rings (SSSR count). The van der Waals surface area contributed by atoms with Gasteiger partial charge < -0.3 is 10.4 Å². The van der Waals surface area contributed by atoms with E-state index < -0.39 is 0 Å². The van der Waals surface area contributed by atoms with Crippen LogP contribution in [0.5, 0.6) is 0 Å². The molecule has 0 amide bonds. The monoisotopic (exact) mass is 279 g/mol. The molecule has 20 heavy (non-hydrogen) atoms. The van der Waals surface area contributed by atoms with Gasteiger partial charge in [-0.1, -0.05) is 18.5 Å². The van der Waals surface area contributed by atoms with Gasteiger partial charge in [-0.15, -0.1) is 0 Å². The molecule has 1 aliphatic rings. The molecule has 0 spiro atoms. The van der Waals surface area contributed by atoms with Crippen molar-refractivity contribution in [3.63, 3.8) is 0 Å².